The lowest BCUT2D eigenvalue weighted by molar-refractivity contribution is -0.137. The highest BCUT2D eigenvalue weighted by Gasteiger charge is 2.32. The molecule has 1 heterocycles. The Labute approximate surface area is 195 Å². The molecule has 0 bridgehead atoms. The van der Waals surface area contributed by atoms with E-state index in [1.54, 1.807) is 36.5 Å². The molecule has 1 N–H and O–H groups in total. The molecule has 0 radical (unpaired) electrons. The number of hydrogen-bond donors (Lipinski definition) is 1. The largest absolute Gasteiger partial charge is 0.490 e. The van der Waals surface area contributed by atoms with Crippen molar-refractivity contribution in [1.82, 2.24) is 4.98 Å². The van der Waals surface area contributed by atoms with Gasteiger partial charge in [-0.25, -0.2) is 0 Å². The molecule has 1 amide bonds. The lowest BCUT2D eigenvalue weighted by Gasteiger charge is -2.32. The van der Waals surface area contributed by atoms with Crippen LogP contribution in [0.1, 0.15) is 38.2 Å². The van der Waals surface area contributed by atoms with Crippen LogP contribution in [0.4, 0.5) is 18.9 Å². The summed E-state index contributed by atoms with van der Waals surface area (Å²) in [5.41, 5.74) is 0.440. The van der Waals surface area contributed by atoms with E-state index in [4.69, 9.17) is 16.3 Å². The first-order chi connectivity index (χ1) is 15.7. The number of benzene rings is 2. The van der Waals surface area contributed by atoms with E-state index in [1.165, 1.54) is 6.07 Å². The monoisotopic (exact) mass is 476 g/mol. The number of aromatic nitrogens is 1. The number of carbonyl (C=O) groups excluding carboxylic acids is 1. The average Bonchev–Trinajstić information content (AvgIpc) is 2.80. The number of anilines is 1. The van der Waals surface area contributed by atoms with Crippen LogP contribution >= 0.6 is 11.6 Å². The first-order valence-corrected chi connectivity index (χ1v) is 11.3. The minimum atomic E-state index is -4.43. The van der Waals surface area contributed by atoms with E-state index in [0.717, 1.165) is 37.8 Å². The molecule has 0 spiro atoms. The van der Waals surface area contributed by atoms with E-state index in [-0.39, 0.29) is 23.8 Å². The van der Waals surface area contributed by atoms with Gasteiger partial charge in [-0.15, -0.1) is 0 Å². The van der Waals surface area contributed by atoms with Crippen molar-refractivity contribution in [3.8, 4) is 5.75 Å². The molecule has 0 saturated heterocycles. The Bertz CT molecular complexity index is 1130. The van der Waals surface area contributed by atoms with Gasteiger partial charge in [0, 0.05) is 28.2 Å². The number of amides is 1. The van der Waals surface area contributed by atoms with Gasteiger partial charge >= 0.3 is 6.18 Å². The van der Waals surface area contributed by atoms with Gasteiger partial charge in [0.15, 0.2) is 0 Å². The van der Waals surface area contributed by atoms with Gasteiger partial charge in [-0.1, -0.05) is 18.5 Å². The summed E-state index contributed by atoms with van der Waals surface area (Å²) in [5, 5.41) is 3.89. The molecule has 0 aliphatic heterocycles. The molecule has 3 aromatic rings. The molecule has 4 nitrogen and oxygen atoms in total. The van der Waals surface area contributed by atoms with Crippen molar-refractivity contribution < 1.29 is 22.7 Å². The predicted molar refractivity (Wildman–Crippen MR) is 122 cm³/mol. The minimum absolute atomic E-state index is 0.0403. The van der Waals surface area contributed by atoms with Crippen LogP contribution in [0.2, 0.25) is 5.02 Å². The molecule has 1 saturated carbocycles. The average molecular weight is 477 g/mol. The van der Waals surface area contributed by atoms with Gasteiger partial charge in [0.05, 0.1) is 17.2 Å². The van der Waals surface area contributed by atoms with Crippen molar-refractivity contribution in [3.63, 3.8) is 0 Å². The van der Waals surface area contributed by atoms with Gasteiger partial charge < -0.3 is 10.1 Å². The highest BCUT2D eigenvalue weighted by molar-refractivity contribution is 6.30. The Hall–Kier alpha value is -2.80. The number of pyridine rings is 1. The number of nitrogens with zero attached hydrogens (tertiary/aromatic N) is 1. The summed E-state index contributed by atoms with van der Waals surface area (Å²) in [4.78, 5) is 16.8. The number of fused-ring (bicyclic) bond motifs is 1. The third-order valence-electron chi connectivity index (χ3n) is 6.27. The van der Waals surface area contributed by atoms with E-state index in [1.807, 2.05) is 6.92 Å². The zero-order valence-corrected chi connectivity index (χ0v) is 18.8. The topological polar surface area (TPSA) is 51.2 Å². The number of carbonyl (C=O) groups is 1. The van der Waals surface area contributed by atoms with Crippen LogP contribution in [0.3, 0.4) is 0 Å². The molecule has 1 aliphatic rings. The van der Waals surface area contributed by atoms with Crippen LogP contribution in [0.5, 0.6) is 5.75 Å². The maximum absolute atomic E-state index is 13.1. The molecule has 4 rings (SSSR count). The fraction of sp³-hybridized carbons (Fsp3) is 0.360. The van der Waals surface area contributed by atoms with E-state index in [0.29, 0.717) is 27.4 Å². The first-order valence-electron chi connectivity index (χ1n) is 10.9. The Kier molecular flexibility index (Phi) is 6.79. The SMILES string of the molecule is CC(C(=O)Nc1ccc(Cl)cc1)[C@H]1CC[C@@H](Oc2ccnc3ccc(C(F)(F)F)cc23)CC1. The Morgan fingerprint density at radius 1 is 1.09 bits per heavy atom. The van der Waals surface area contributed by atoms with Crippen molar-refractivity contribution in [3.05, 3.63) is 65.3 Å². The maximum atomic E-state index is 13.1. The number of nitrogens with one attached hydrogen (secondary N) is 1. The Morgan fingerprint density at radius 3 is 2.45 bits per heavy atom. The number of hydrogen-bond acceptors (Lipinski definition) is 3. The highest BCUT2D eigenvalue weighted by atomic mass is 35.5. The normalized spacial score (nSPS) is 19.8. The van der Waals surface area contributed by atoms with Crippen molar-refractivity contribution >= 4 is 34.1 Å². The molecule has 174 valence electrons. The van der Waals surface area contributed by atoms with Crippen molar-refractivity contribution in [2.24, 2.45) is 11.8 Å². The molecule has 1 atom stereocenters. The number of rotatable bonds is 5. The lowest BCUT2D eigenvalue weighted by atomic mass is 9.79. The van der Waals surface area contributed by atoms with Crippen LogP contribution in [0.15, 0.2) is 54.7 Å². The summed E-state index contributed by atoms with van der Waals surface area (Å²) >= 11 is 5.89. The number of ether oxygens (including phenoxy) is 1. The third-order valence-corrected chi connectivity index (χ3v) is 6.53. The van der Waals surface area contributed by atoms with Crippen LogP contribution in [-0.4, -0.2) is 17.0 Å². The number of halogens is 4. The molecule has 1 aromatic heterocycles. The zero-order valence-electron chi connectivity index (χ0n) is 18.0. The molecule has 1 fully saturated rings. The Morgan fingerprint density at radius 2 is 1.79 bits per heavy atom. The molecule has 33 heavy (non-hydrogen) atoms. The second kappa shape index (κ2) is 9.59. The maximum Gasteiger partial charge on any atom is 0.416 e. The molecule has 1 unspecified atom stereocenters. The van der Waals surface area contributed by atoms with E-state index >= 15 is 0 Å². The van der Waals surface area contributed by atoms with Crippen molar-refractivity contribution in [1.29, 1.82) is 0 Å². The smallest absolute Gasteiger partial charge is 0.416 e. The molecule has 2 aromatic carbocycles. The first kappa shape index (κ1) is 23.4. The van der Waals surface area contributed by atoms with Crippen LogP contribution in [0, 0.1) is 11.8 Å². The second-order valence-corrected chi connectivity index (χ2v) is 8.91. The number of alkyl halides is 3. The molecule has 1 aliphatic carbocycles. The summed E-state index contributed by atoms with van der Waals surface area (Å²) in [5.74, 6) is 0.408. The fourth-order valence-corrected chi connectivity index (χ4v) is 4.42. The van der Waals surface area contributed by atoms with Gasteiger partial charge in [0.25, 0.3) is 0 Å². The summed E-state index contributed by atoms with van der Waals surface area (Å²) < 4.78 is 45.5. The third kappa shape index (κ3) is 5.58. The van der Waals surface area contributed by atoms with Gasteiger partial charge in [0.1, 0.15) is 5.75 Å². The predicted octanol–water partition coefficient (Wildman–Crippen LogP) is 7.12. The van der Waals surface area contributed by atoms with E-state index in [9.17, 15) is 18.0 Å². The summed E-state index contributed by atoms with van der Waals surface area (Å²) in [7, 11) is 0. The second-order valence-electron chi connectivity index (χ2n) is 8.48. The van der Waals surface area contributed by atoms with Gasteiger partial charge in [-0.05, 0) is 80.1 Å². The van der Waals surface area contributed by atoms with Gasteiger partial charge in [-0.2, -0.15) is 13.2 Å². The van der Waals surface area contributed by atoms with E-state index in [2.05, 4.69) is 10.3 Å². The summed E-state index contributed by atoms with van der Waals surface area (Å²) in [6, 6.07) is 12.1. The highest BCUT2D eigenvalue weighted by Crippen LogP contribution is 2.37. The van der Waals surface area contributed by atoms with E-state index < -0.39 is 11.7 Å². The quantitative estimate of drug-likeness (QED) is 0.426. The summed E-state index contributed by atoms with van der Waals surface area (Å²) in [6.45, 7) is 1.92. The van der Waals surface area contributed by atoms with Crippen molar-refractivity contribution in [2.45, 2.75) is 44.9 Å². The van der Waals surface area contributed by atoms with Gasteiger partial charge in [0.2, 0.25) is 5.91 Å². The molecular formula is C25H24ClF3N2O2. The van der Waals surface area contributed by atoms with Crippen molar-refractivity contribution in [2.75, 3.05) is 5.32 Å². The lowest BCUT2D eigenvalue weighted by Crippen LogP contribution is -2.32. The Balaban J connectivity index is 1.37. The van der Waals surface area contributed by atoms with Gasteiger partial charge in [-0.3, -0.25) is 9.78 Å². The zero-order chi connectivity index (χ0) is 23.6. The molecular weight excluding hydrogens is 453 g/mol. The molecule has 8 heteroatoms. The van der Waals surface area contributed by atoms with Crippen LogP contribution < -0.4 is 10.1 Å². The standard InChI is InChI=1S/C25H24ClF3N2O2/c1-15(24(32)31-19-7-5-18(26)6-8-19)16-2-9-20(10-3-16)33-23-12-13-30-22-11-4-17(14-21(22)23)25(27,28)29/h4-8,11-16,20H,2-3,9-10H2,1H3,(H,31,32)/t15?,16-,20+. The minimum Gasteiger partial charge on any atom is -0.490 e. The van der Waals surface area contributed by atoms with Crippen LogP contribution in [-0.2, 0) is 11.0 Å². The summed E-state index contributed by atoms with van der Waals surface area (Å²) in [6.07, 6.45) is 0.0562. The fourth-order valence-electron chi connectivity index (χ4n) is 4.29. The van der Waals surface area contributed by atoms with Crippen LogP contribution in [0.25, 0.3) is 10.9 Å².